The Labute approximate surface area is 162 Å². The molecule has 0 atom stereocenters. The molecule has 140 valence electrons. The van der Waals surface area contributed by atoms with Crippen LogP contribution in [-0.4, -0.2) is 18.0 Å². The first kappa shape index (κ1) is 17.8. The number of rotatable bonds is 5. The number of benzene rings is 3. The molecule has 28 heavy (non-hydrogen) atoms. The van der Waals surface area contributed by atoms with Crippen LogP contribution in [0.4, 0.5) is 10.1 Å². The zero-order chi connectivity index (χ0) is 19.5. The summed E-state index contributed by atoms with van der Waals surface area (Å²) in [6.07, 6.45) is 0.270. The molecule has 4 rings (SSSR count). The number of hydrogen-bond donors (Lipinski definition) is 2. The van der Waals surface area contributed by atoms with Gasteiger partial charge in [0, 0.05) is 22.3 Å². The Hall–Kier alpha value is -3.60. The van der Waals surface area contributed by atoms with Gasteiger partial charge in [-0.3, -0.25) is 4.79 Å². The second-order valence-corrected chi connectivity index (χ2v) is 6.57. The number of fused-ring (bicyclic) bond motifs is 1. The molecule has 0 spiro atoms. The van der Waals surface area contributed by atoms with E-state index in [1.807, 2.05) is 54.6 Å². The van der Waals surface area contributed by atoms with Crippen LogP contribution < -0.4 is 10.1 Å². The number of aromatic nitrogens is 1. The van der Waals surface area contributed by atoms with Crippen molar-refractivity contribution >= 4 is 22.5 Å². The molecule has 0 fully saturated rings. The van der Waals surface area contributed by atoms with Crippen molar-refractivity contribution in [2.75, 3.05) is 12.4 Å². The van der Waals surface area contributed by atoms with Gasteiger partial charge in [0.05, 0.1) is 13.5 Å². The molecule has 3 aromatic carbocycles. The van der Waals surface area contributed by atoms with Gasteiger partial charge < -0.3 is 15.0 Å². The highest BCUT2D eigenvalue weighted by Gasteiger charge is 2.07. The lowest BCUT2D eigenvalue weighted by Gasteiger charge is -2.07. The van der Waals surface area contributed by atoms with Gasteiger partial charge in [-0.2, -0.15) is 0 Å². The monoisotopic (exact) mass is 374 g/mol. The van der Waals surface area contributed by atoms with Gasteiger partial charge in [-0.05, 0) is 59.7 Å². The van der Waals surface area contributed by atoms with Gasteiger partial charge in [-0.1, -0.05) is 24.3 Å². The number of carbonyl (C=O) groups excluding carboxylic acids is 1. The van der Waals surface area contributed by atoms with Crippen molar-refractivity contribution in [1.82, 2.24) is 4.98 Å². The fourth-order valence-corrected chi connectivity index (χ4v) is 3.17. The highest BCUT2D eigenvalue weighted by molar-refractivity contribution is 5.93. The van der Waals surface area contributed by atoms with E-state index in [0.29, 0.717) is 0 Å². The van der Waals surface area contributed by atoms with Crippen LogP contribution in [0.3, 0.4) is 0 Å². The summed E-state index contributed by atoms with van der Waals surface area (Å²) < 4.78 is 18.5. The summed E-state index contributed by atoms with van der Waals surface area (Å²) in [6.45, 7) is 0. The van der Waals surface area contributed by atoms with E-state index < -0.39 is 0 Å². The summed E-state index contributed by atoms with van der Waals surface area (Å²) in [5.41, 5.74) is 4.35. The smallest absolute Gasteiger partial charge is 0.228 e. The van der Waals surface area contributed by atoms with Crippen molar-refractivity contribution in [3.63, 3.8) is 0 Å². The van der Waals surface area contributed by atoms with E-state index in [4.69, 9.17) is 4.74 Å². The van der Waals surface area contributed by atoms with E-state index in [0.717, 1.165) is 39.2 Å². The highest BCUT2D eigenvalue weighted by Crippen LogP contribution is 2.26. The SMILES string of the molecule is COc1cccc(CC(=O)Nc2ccc(-c3cc4cc(F)ccc4[nH]3)cc2)c1. The van der Waals surface area contributed by atoms with Gasteiger partial charge >= 0.3 is 0 Å². The molecule has 0 aliphatic carbocycles. The maximum Gasteiger partial charge on any atom is 0.228 e. The lowest BCUT2D eigenvalue weighted by Crippen LogP contribution is -2.14. The average Bonchev–Trinajstić information content (AvgIpc) is 3.11. The lowest BCUT2D eigenvalue weighted by atomic mass is 10.1. The number of halogens is 1. The van der Waals surface area contributed by atoms with Gasteiger partial charge in [0.25, 0.3) is 0 Å². The molecule has 4 aromatic rings. The van der Waals surface area contributed by atoms with Gasteiger partial charge in [-0.15, -0.1) is 0 Å². The van der Waals surface area contributed by atoms with Gasteiger partial charge in [0.1, 0.15) is 11.6 Å². The third kappa shape index (κ3) is 3.88. The number of hydrogen-bond acceptors (Lipinski definition) is 2. The van der Waals surface area contributed by atoms with Crippen LogP contribution in [0.15, 0.2) is 72.8 Å². The summed E-state index contributed by atoms with van der Waals surface area (Å²) in [7, 11) is 1.60. The molecule has 0 saturated heterocycles. The Bertz CT molecular complexity index is 1130. The average molecular weight is 374 g/mol. The Balaban J connectivity index is 1.45. The molecule has 0 aliphatic heterocycles. The van der Waals surface area contributed by atoms with Gasteiger partial charge in [-0.25, -0.2) is 4.39 Å². The number of methoxy groups -OCH3 is 1. The fraction of sp³-hybridized carbons (Fsp3) is 0.0870. The topological polar surface area (TPSA) is 54.1 Å². The van der Waals surface area contributed by atoms with E-state index in [-0.39, 0.29) is 18.1 Å². The van der Waals surface area contributed by atoms with Crippen molar-refractivity contribution in [3.05, 3.63) is 84.2 Å². The Morgan fingerprint density at radius 1 is 1.04 bits per heavy atom. The number of aromatic amines is 1. The summed E-state index contributed by atoms with van der Waals surface area (Å²) in [4.78, 5) is 15.6. The summed E-state index contributed by atoms with van der Waals surface area (Å²) in [5, 5.41) is 3.73. The number of amides is 1. The molecule has 0 unspecified atom stereocenters. The van der Waals surface area contributed by atoms with Crippen molar-refractivity contribution in [2.24, 2.45) is 0 Å². The Morgan fingerprint density at radius 2 is 1.86 bits per heavy atom. The molecule has 5 heteroatoms. The molecular formula is C23H19FN2O2. The molecule has 0 radical (unpaired) electrons. The Morgan fingerprint density at radius 3 is 2.64 bits per heavy atom. The van der Waals surface area contributed by atoms with Crippen LogP contribution in [0, 0.1) is 5.82 Å². The number of nitrogens with one attached hydrogen (secondary N) is 2. The van der Waals surface area contributed by atoms with E-state index in [2.05, 4.69) is 10.3 Å². The van der Waals surface area contributed by atoms with Gasteiger partial charge in [0.15, 0.2) is 0 Å². The third-order valence-electron chi connectivity index (χ3n) is 4.56. The molecule has 1 heterocycles. The first-order valence-corrected chi connectivity index (χ1v) is 8.92. The molecular weight excluding hydrogens is 355 g/mol. The zero-order valence-corrected chi connectivity index (χ0v) is 15.3. The fourth-order valence-electron chi connectivity index (χ4n) is 3.17. The van der Waals surface area contributed by atoms with Crippen molar-refractivity contribution in [2.45, 2.75) is 6.42 Å². The van der Waals surface area contributed by atoms with Crippen LogP contribution in [0.2, 0.25) is 0 Å². The predicted octanol–water partition coefficient (Wildman–Crippen LogP) is 5.16. The second kappa shape index (κ2) is 7.56. The van der Waals surface area contributed by atoms with Crippen molar-refractivity contribution < 1.29 is 13.9 Å². The van der Waals surface area contributed by atoms with Crippen LogP contribution >= 0.6 is 0 Å². The quantitative estimate of drug-likeness (QED) is 0.507. The molecule has 0 bridgehead atoms. The summed E-state index contributed by atoms with van der Waals surface area (Å²) in [5.74, 6) is 0.377. The largest absolute Gasteiger partial charge is 0.497 e. The maximum absolute atomic E-state index is 13.4. The van der Waals surface area contributed by atoms with E-state index >= 15 is 0 Å². The lowest BCUT2D eigenvalue weighted by molar-refractivity contribution is -0.115. The number of H-pyrrole nitrogens is 1. The first-order valence-electron chi connectivity index (χ1n) is 8.92. The number of carbonyl (C=O) groups is 1. The molecule has 2 N–H and O–H groups in total. The number of anilines is 1. The van der Waals surface area contributed by atoms with Crippen LogP contribution in [0.5, 0.6) is 5.75 Å². The molecule has 0 saturated carbocycles. The van der Waals surface area contributed by atoms with E-state index in [1.165, 1.54) is 12.1 Å². The summed E-state index contributed by atoms with van der Waals surface area (Å²) >= 11 is 0. The second-order valence-electron chi connectivity index (χ2n) is 6.57. The normalized spacial score (nSPS) is 10.8. The zero-order valence-electron chi connectivity index (χ0n) is 15.3. The molecule has 0 aliphatic rings. The first-order chi connectivity index (χ1) is 13.6. The Kier molecular flexibility index (Phi) is 4.81. The minimum atomic E-state index is -0.257. The van der Waals surface area contributed by atoms with E-state index in [1.54, 1.807) is 13.2 Å². The molecule has 4 nitrogen and oxygen atoms in total. The van der Waals surface area contributed by atoms with Crippen LogP contribution in [0.25, 0.3) is 22.2 Å². The maximum atomic E-state index is 13.4. The predicted molar refractivity (Wildman–Crippen MR) is 109 cm³/mol. The molecule has 1 amide bonds. The minimum absolute atomic E-state index is 0.0953. The van der Waals surface area contributed by atoms with Crippen molar-refractivity contribution in [3.8, 4) is 17.0 Å². The van der Waals surface area contributed by atoms with Crippen molar-refractivity contribution in [1.29, 1.82) is 0 Å². The third-order valence-corrected chi connectivity index (χ3v) is 4.56. The van der Waals surface area contributed by atoms with Gasteiger partial charge in [0.2, 0.25) is 5.91 Å². The molecule has 1 aromatic heterocycles. The number of ether oxygens (including phenoxy) is 1. The standard InChI is InChI=1S/C23H19FN2O2/c1-28-20-4-2-3-15(11-20)12-23(27)25-19-8-5-16(6-9-19)22-14-17-13-18(24)7-10-21(17)26-22/h2-11,13-14,26H,12H2,1H3,(H,25,27). The minimum Gasteiger partial charge on any atom is -0.497 e. The van der Waals surface area contributed by atoms with E-state index in [9.17, 15) is 9.18 Å². The summed E-state index contributed by atoms with van der Waals surface area (Å²) in [6, 6.07) is 21.6. The highest BCUT2D eigenvalue weighted by atomic mass is 19.1. The van der Waals surface area contributed by atoms with Crippen LogP contribution in [-0.2, 0) is 11.2 Å². The van der Waals surface area contributed by atoms with Crippen LogP contribution in [0.1, 0.15) is 5.56 Å².